The van der Waals surface area contributed by atoms with E-state index in [0.29, 0.717) is 6.61 Å². The second-order valence-corrected chi connectivity index (χ2v) is 2.50. The minimum Gasteiger partial charge on any atom is -0.368 e. The summed E-state index contributed by atoms with van der Waals surface area (Å²) in [6.07, 6.45) is -0.634. The number of hydrogen-bond donors (Lipinski definition) is 1. The average molecular weight is 161 g/mol. The Bertz CT molecular complexity index is 82.2. The number of rotatable bonds is 6. The fourth-order valence-electron chi connectivity index (χ4n) is 0.892. The van der Waals surface area contributed by atoms with E-state index in [1.807, 2.05) is 0 Å². The van der Waals surface area contributed by atoms with Gasteiger partial charge in [0.1, 0.15) is 0 Å². The van der Waals surface area contributed by atoms with Crippen molar-refractivity contribution >= 4 is 0 Å². The predicted molar refractivity (Wildman–Crippen MR) is 45.4 cm³/mol. The first-order valence-electron chi connectivity index (χ1n) is 4.22. The normalized spacial score (nSPS) is 13.9. The summed E-state index contributed by atoms with van der Waals surface area (Å²) in [5.41, 5.74) is 0. The minimum atomic E-state index is -0.634. The highest BCUT2D eigenvalue weighted by molar-refractivity contribution is 4.49. The van der Waals surface area contributed by atoms with Gasteiger partial charge < -0.3 is 14.7 Å². The van der Waals surface area contributed by atoms with Crippen LogP contribution in [0.5, 0.6) is 0 Å². The van der Waals surface area contributed by atoms with E-state index in [0.717, 1.165) is 19.6 Å². The van der Waals surface area contributed by atoms with Crippen LogP contribution in [0.4, 0.5) is 0 Å². The van der Waals surface area contributed by atoms with Crippen molar-refractivity contribution in [1.29, 1.82) is 0 Å². The quantitative estimate of drug-likeness (QED) is 0.582. The van der Waals surface area contributed by atoms with Gasteiger partial charge in [-0.1, -0.05) is 13.8 Å². The molecule has 11 heavy (non-hydrogen) atoms. The molecule has 3 heteroatoms. The number of likely N-dealkylation sites (N-methyl/N-ethyl adjacent to an activating group) is 1. The molecule has 3 nitrogen and oxygen atoms in total. The summed E-state index contributed by atoms with van der Waals surface area (Å²) in [7, 11) is 0. The predicted octanol–water partition coefficient (Wildman–Crippen LogP) is 0.683. The van der Waals surface area contributed by atoms with Crippen LogP contribution in [0.1, 0.15) is 20.8 Å². The maximum absolute atomic E-state index is 8.77. The van der Waals surface area contributed by atoms with Crippen LogP contribution in [-0.4, -0.2) is 42.5 Å². The standard InChI is InChI=1S/C8H19NO2/c1-4-9(5-2)6-7-11-8(3)10/h8,10H,4-7H2,1-3H3. The van der Waals surface area contributed by atoms with Crippen molar-refractivity contribution < 1.29 is 9.84 Å². The van der Waals surface area contributed by atoms with Crippen LogP contribution in [-0.2, 0) is 4.74 Å². The van der Waals surface area contributed by atoms with Gasteiger partial charge >= 0.3 is 0 Å². The molecular weight excluding hydrogens is 142 g/mol. The molecule has 0 radical (unpaired) electrons. The van der Waals surface area contributed by atoms with Gasteiger partial charge in [-0.25, -0.2) is 0 Å². The molecule has 0 aromatic heterocycles. The van der Waals surface area contributed by atoms with Crippen LogP contribution in [0.15, 0.2) is 0 Å². The summed E-state index contributed by atoms with van der Waals surface area (Å²) >= 11 is 0. The van der Waals surface area contributed by atoms with Crippen LogP contribution in [0.3, 0.4) is 0 Å². The molecular formula is C8H19NO2. The number of aliphatic hydroxyl groups is 1. The maximum atomic E-state index is 8.77. The third kappa shape index (κ3) is 6.28. The van der Waals surface area contributed by atoms with Gasteiger partial charge in [0.2, 0.25) is 0 Å². The number of ether oxygens (including phenoxy) is 1. The first-order valence-corrected chi connectivity index (χ1v) is 4.22. The summed E-state index contributed by atoms with van der Waals surface area (Å²) in [6.45, 7) is 9.45. The van der Waals surface area contributed by atoms with Gasteiger partial charge in [0.15, 0.2) is 6.29 Å². The zero-order valence-corrected chi connectivity index (χ0v) is 7.71. The monoisotopic (exact) mass is 161 g/mol. The van der Waals surface area contributed by atoms with Gasteiger partial charge in [-0.05, 0) is 20.0 Å². The Morgan fingerprint density at radius 2 is 1.91 bits per heavy atom. The third-order valence-electron chi connectivity index (χ3n) is 1.66. The molecule has 1 unspecified atom stereocenters. The molecule has 0 aliphatic heterocycles. The van der Waals surface area contributed by atoms with Crippen LogP contribution >= 0.6 is 0 Å². The van der Waals surface area contributed by atoms with E-state index < -0.39 is 6.29 Å². The van der Waals surface area contributed by atoms with E-state index in [2.05, 4.69) is 18.7 Å². The summed E-state index contributed by atoms with van der Waals surface area (Å²) in [5, 5.41) is 8.77. The number of aliphatic hydroxyl groups excluding tert-OH is 1. The van der Waals surface area contributed by atoms with Crippen LogP contribution in [0, 0.1) is 0 Å². The molecule has 0 amide bonds. The topological polar surface area (TPSA) is 32.7 Å². The van der Waals surface area contributed by atoms with Gasteiger partial charge in [-0.3, -0.25) is 0 Å². The lowest BCUT2D eigenvalue weighted by molar-refractivity contribution is -0.0889. The molecule has 0 saturated carbocycles. The Balaban J connectivity index is 3.21. The van der Waals surface area contributed by atoms with E-state index in [-0.39, 0.29) is 0 Å². The summed E-state index contributed by atoms with van der Waals surface area (Å²) < 4.78 is 4.99. The summed E-state index contributed by atoms with van der Waals surface area (Å²) in [4.78, 5) is 2.25. The van der Waals surface area contributed by atoms with Crippen LogP contribution in [0.2, 0.25) is 0 Å². The zero-order chi connectivity index (χ0) is 8.69. The Morgan fingerprint density at radius 3 is 2.27 bits per heavy atom. The van der Waals surface area contributed by atoms with Gasteiger partial charge in [0.05, 0.1) is 6.61 Å². The second-order valence-electron chi connectivity index (χ2n) is 2.50. The Morgan fingerprint density at radius 1 is 1.36 bits per heavy atom. The molecule has 1 N–H and O–H groups in total. The molecule has 0 heterocycles. The SMILES string of the molecule is CCN(CC)CCOC(C)O. The van der Waals surface area contributed by atoms with Crippen LogP contribution in [0.25, 0.3) is 0 Å². The molecule has 0 aromatic carbocycles. The highest BCUT2D eigenvalue weighted by Gasteiger charge is 1.99. The largest absolute Gasteiger partial charge is 0.368 e. The van der Waals surface area contributed by atoms with E-state index in [4.69, 9.17) is 9.84 Å². The molecule has 0 aromatic rings. The van der Waals surface area contributed by atoms with Gasteiger partial charge in [0.25, 0.3) is 0 Å². The molecule has 0 spiro atoms. The average Bonchev–Trinajstić information content (AvgIpc) is 1.98. The highest BCUT2D eigenvalue weighted by atomic mass is 16.6. The van der Waals surface area contributed by atoms with Gasteiger partial charge in [-0.2, -0.15) is 0 Å². The molecule has 0 aliphatic carbocycles. The van der Waals surface area contributed by atoms with Gasteiger partial charge in [0, 0.05) is 6.54 Å². The number of nitrogens with zero attached hydrogens (tertiary/aromatic N) is 1. The fraction of sp³-hybridized carbons (Fsp3) is 1.00. The Hall–Kier alpha value is -0.120. The molecule has 0 bridgehead atoms. The van der Waals surface area contributed by atoms with Gasteiger partial charge in [-0.15, -0.1) is 0 Å². The molecule has 0 saturated heterocycles. The lowest BCUT2D eigenvalue weighted by Gasteiger charge is -2.18. The van der Waals surface area contributed by atoms with Crippen LogP contribution < -0.4 is 0 Å². The highest BCUT2D eigenvalue weighted by Crippen LogP contribution is 1.89. The Kier molecular flexibility index (Phi) is 6.51. The molecule has 1 atom stereocenters. The lowest BCUT2D eigenvalue weighted by atomic mass is 10.5. The van der Waals surface area contributed by atoms with Crippen molar-refractivity contribution in [2.24, 2.45) is 0 Å². The number of hydrogen-bond acceptors (Lipinski definition) is 3. The Labute approximate surface area is 69.0 Å². The molecule has 0 fully saturated rings. The minimum absolute atomic E-state index is 0.610. The van der Waals surface area contributed by atoms with Crippen molar-refractivity contribution in [2.45, 2.75) is 27.1 Å². The first kappa shape index (κ1) is 10.9. The maximum Gasteiger partial charge on any atom is 0.151 e. The zero-order valence-electron chi connectivity index (χ0n) is 7.71. The van der Waals surface area contributed by atoms with E-state index >= 15 is 0 Å². The molecule has 0 rings (SSSR count). The van der Waals surface area contributed by atoms with Crippen molar-refractivity contribution in [3.63, 3.8) is 0 Å². The smallest absolute Gasteiger partial charge is 0.151 e. The van der Waals surface area contributed by atoms with E-state index in [9.17, 15) is 0 Å². The van der Waals surface area contributed by atoms with Crippen molar-refractivity contribution in [1.82, 2.24) is 4.90 Å². The van der Waals surface area contributed by atoms with Crippen molar-refractivity contribution in [3.8, 4) is 0 Å². The summed E-state index contributed by atoms with van der Waals surface area (Å²) in [6, 6.07) is 0. The fourth-order valence-corrected chi connectivity index (χ4v) is 0.892. The van der Waals surface area contributed by atoms with Crippen molar-refractivity contribution in [2.75, 3.05) is 26.2 Å². The van der Waals surface area contributed by atoms with E-state index in [1.54, 1.807) is 6.92 Å². The summed E-state index contributed by atoms with van der Waals surface area (Å²) in [5.74, 6) is 0. The third-order valence-corrected chi connectivity index (χ3v) is 1.66. The lowest BCUT2D eigenvalue weighted by Crippen LogP contribution is -2.28. The second kappa shape index (κ2) is 6.58. The molecule has 68 valence electrons. The van der Waals surface area contributed by atoms with Crippen molar-refractivity contribution in [3.05, 3.63) is 0 Å². The first-order chi connectivity index (χ1) is 5.20. The van der Waals surface area contributed by atoms with E-state index in [1.165, 1.54) is 0 Å². The molecule has 0 aliphatic rings.